The number of ether oxygens (including phenoxy) is 5. The third kappa shape index (κ3) is 3.86. The van der Waals surface area contributed by atoms with Crippen molar-refractivity contribution < 1.29 is 33.3 Å². The summed E-state index contributed by atoms with van der Waals surface area (Å²) in [5, 5.41) is 4.72. The first-order valence-electron chi connectivity index (χ1n) is 11.2. The van der Waals surface area contributed by atoms with Crippen LogP contribution in [0.15, 0.2) is 30.3 Å². The summed E-state index contributed by atoms with van der Waals surface area (Å²) in [6.07, 6.45) is -0.662. The van der Waals surface area contributed by atoms with Gasteiger partial charge in [-0.25, -0.2) is 0 Å². The maximum Gasteiger partial charge on any atom is 0.251 e. The van der Waals surface area contributed by atoms with E-state index >= 15 is 0 Å². The van der Waals surface area contributed by atoms with Gasteiger partial charge in [0.25, 0.3) is 5.91 Å². The topological polar surface area (TPSA) is 87.7 Å². The number of carbonyl (C=O) groups is 1. The minimum Gasteiger partial charge on any atom is -0.349 e. The maximum atomic E-state index is 12.4. The smallest absolute Gasteiger partial charge is 0.251 e. The lowest BCUT2D eigenvalue weighted by Gasteiger charge is -2.38. The molecule has 0 aliphatic carbocycles. The highest BCUT2D eigenvalue weighted by Crippen LogP contribution is 2.53. The second kappa shape index (κ2) is 7.73. The third-order valence-electron chi connectivity index (χ3n) is 6.46. The standard InChI is InChI=1S/C23H32N2O7/c1-21(2)27-13-16-18(29-21)19-23(28-16,32-22(3,4)30-19)17-11-15(31-25(17)5)12-24-20(26)14-9-7-6-8-10-14/h6-10,15-19H,11-13H2,1-5H3,(H,24,26)/t15-,16+,17?,18-,19+,23+/m1/s1. The van der Waals surface area contributed by atoms with E-state index in [1.807, 2.05) is 52.9 Å². The van der Waals surface area contributed by atoms with Crippen LogP contribution in [0.4, 0.5) is 0 Å². The Morgan fingerprint density at radius 1 is 1.09 bits per heavy atom. The highest BCUT2D eigenvalue weighted by Gasteiger charge is 2.71. The van der Waals surface area contributed by atoms with Crippen LogP contribution in [0.25, 0.3) is 0 Å². The Hall–Kier alpha value is -1.59. The first kappa shape index (κ1) is 22.2. The minimum absolute atomic E-state index is 0.131. The number of amides is 1. The largest absolute Gasteiger partial charge is 0.349 e. The fourth-order valence-electron chi connectivity index (χ4n) is 5.17. The third-order valence-corrected chi connectivity index (χ3v) is 6.46. The molecule has 0 radical (unpaired) electrons. The lowest BCUT2D eigenvalue weighted by molar-refractivity contribution is -0.336. The van der Waals surface area contributed by atoms with Crippen molar-refractivity contribution in [3.63, 3.8) is 0 Å². The summed E-state index contributed by atoms with van der Waals surface area (Å²) < 4.78 is 31.3. The Kier molecular flexibility index (Phi) is 5.37. The summed E-state index contributed by atoms with van der Waals surface area (Å²) >= 11 is 0. The molecular weight excluding hydrogens is 416 g/mol. The van der Waals surface area contributed by atoms with Gasteiger partial charge in [0, 0.05) is 25.6 Å². The number of carbonyl (C=O) groups excluding carboxylic acids is 1. The number of fused-ring (bicyclic) bond motifs is 3. The van der Waals surface area contributed by atoms with Crippen LogP contribution < -0.4 is 5.32 Å². The highest BCUT2D eigenvalue weighted by molar-refractivity contribution is 5.94. The predicted octanol–water partition coefficient (Wildman–Crippen LogP) is 1.82. The van der Waals surface area contributed by atoms with E-state index in [4.69, 9.17) is 28.5 Å². The highest BCUT2D eigenvalue weighted by atomic mass is 16.9. The van der Waals surface area contributed by atoms with E-state index in [1.165, 1.54) is 0 Å². The van der Waals surface area contributed by atoms with Gasteiger partial charge in [-0.1, -0.05) is 18.2 Å². The second-order valence-electron chi connectivity index (χ2n) is 9.81. The molecule has 1 unspecified atom stereocenters. The minimum atomic E-state index is -1.06. The molecule has 4 saturated heterocycles. The van der Waals surface area contributed by atoms with Gasteiger partial charge in [0.05, 0.1) is 18.8 Å². The Labute approximate surface area is 188 Å². The molecule has 176 valence electrons. The van der Waals surface area contributed by atoms with Gasteiger partial charge in [0.15, 0.2) is 11.6 Å². The maximum absolute atomic E-state index is 12.4. The number of benzene rings is 1. The van der Waals surface area contributed by atoms with Crippen LogP contribution in [0.3, 0.4) is 0 Å². The van der Waals surface area contributed by atoms with Gasteiger partial charge in [-0.05, 0) is 39.8 Å². The molecular formula is C23H32N2O7. The van der Waals surface area contributed by atoms with E-state index in [2.05, 4.69) is 5.32 Å². The zero-order valence-corrected chi connectivity index (χ0v) is 19.2. The molecule has 9 heteroatoms. The summed E-state index contributed by atoms with van der Waals surface area (Å²) in [5.41, 5.74) is 0.617. The van der Waals surface area contributed by atoms with Crippen molar-refractivity contribution in [2.75, 3.05) is 20.2 Å². The Morgan fingerprint density at radius 2 is 1.84 bits per heavy atom. The fraction of sp³-hybridized carbons (Fsp3) is 0.696. The molecule has 0 saturated carbocycles. The lowest BCUT2D eigenvalue weighted by Crippen LogP contribution is -2.55. The second-order valence-corrected chi connectivity index (χ2v) is 9.81. The average Bonchev–Trinajstić information content (AvgIpc) is 3.33. The fourth-order valence-corrected chi connectivity index (χ4v) is 5.17. The monoisotopic (exact) mass is 448 g/mol. The molecule has 4 fully saturated rings. The van der Waals surface area contributed by atoms with Crippen LogP contribution in [-0.2, 0) is 28.5 Å². The first-order chi connectivity index (χ1) is 15.1. The van der Waals surface area contributed by atoms with E-state index in [1.54, 1.807) is 17.2 Å². The van der Waals surface area contributed by atoms with Crippen molar-refractivity contribution in [3.05, 3.63) is 35.9 Å². The van der Waals surface area contributed by atoms with Crippen molar-refractivity contribution in [3.8, 4) is 0 Å². The van der Waals surface area contributed by atoms with Gasteiger partial charge < -0.3 is 29.0 Å². The molecule has 4 aliphatic heterocycles. The predicted molar refractivity (Wildman–Crippen MR) is 112 cm³/mol. The van der Waals surface area contributed by atoms with E-state index in [0.717, 1.165) is 0 Å². The number of nitrogens with zero attached hydrogens (tertiary/aromatic N) is 1. The van der Waals surface area contributed by atoms with Crippen LogP contribution in [0.2, 0.25) is 0 Å². The Morgan fingerprint density at radius 3 is 2.59 bits per heavy atom. The molecule has 6 atom stereocenters. The van der Waals surface area contributed by atoms with Crippen LogP contribution >= 0.6 is 0 Å². The quantitative estimate of drug-likeness (QED) is 0.747. The molecule has 0 spiro atoms. The number of rotatable bonds is 4. The Bertz CT molecular complexity index is 863. The Balaban J connectivity index is 1.31. The van der Waals surface area contributed by atoms with Crippen molar-refractivity contribution >= 4 is 5.91 Å². The zero-order valence-electron chi connectivity index (χ0n) is 19.2. The van der Waals surface area contributed by atoms with Gasteiger partial charge in [-0.3, -0.25) is 9.63 Å². The molecule has 1 aromatic rings. The molecule has 4 aliphatic rings. The van der Waals surface area contributed by atoms with Gasteiger partial charge in [-0.2, -0.15) is 5.06 Å². The van der Waals surface area contributed by atoms with E-state index in [-0.39, 0.29) is 30.3 Å². The molecule has 32 heavy (non-hydrogen) atoms. The number of hydroxylamine groups is 2. The summed E-state index contributed by atoms with van der Waals surface area (Å²) in [7, 11) is 1.86. The SMILES string of the molecule is CN1O[C@@H](CNC(=O)c2ccccc2)CC1[C@@]12O[C@H]3COC(C)(C)O[C@H]3[C@@H]1OC(C)(C)O2. The molecule has 9 nitrogen and oxygen atoms in total. The molecule has 1 amide bonds. The van der Waals surface area contributed by atoms with Crippen LogP contribution in [0.1, 0.15) is 44.5 Å². The van der Waals surface area contributed by atoms with Crippen LogP contribution in [-0.4, -0.2) is 79.0 Å². The average molecular weight is 449 g/mol. The van der Waals surface area contributed by atoms with Crippen molar-refractivity contribution in [2.45, 2.75) is 81.9 Å². The summed E-state index contributed by atoms with van der Waals surface area (Å²) in [6.45, 7) is 8.31. The zero-order chi connectivity index (χ0) is 22.7. The molecule has 0 aromatic heterocycles. The van der Waals surface area contributed by atoms with Crippen LogP contribution in [0.5, 0.6) is 0 Å². The normalized spacial score (nSPS) is 40.1. The molecule has 4 heterocycles. The van der Waals surface area contributed by atoms with Crippen molar-refractivity contribution in [1.29, 1.82) is 0 Å². The van der Waals surface area contributed by atoms with E-state index in [0.29, 0.717) is 25.1 Å². The molecule has 0 bridgehead atoms. The van der Waals surface area contributed by atoms with Crippen molar-refractivity contribution in [1.82, 2.24) is 10.4 Å². The van der Waals surface area contributed by atoms with Gasteiger partial charge in [0.2, 0.25) is 5.79 Å². The van der Waals surface area contributed by atoms with Gasteiger partial charge in [0.1, 0.15) is 18.3 Å². The first-order valence-corrected chi connectivity index (χ1v) is 11.2. The summed E-state index contributed by atoms with van der Waals surface area (Å²) in [5.74, 6) is -2.75. The number of nitrogens with one attached hydrogen (secondary N) is 1. The van der Waals surface area contributed by atoms with E-state index < -0.39 is 23.5 Å². The van der Waals surface area contributed by atoms with Crippen LogP contribution in [0, 0.1) is 0 Å². The molecule has 1 N–H and O–H groups in total. The van der Waals surface area contributed by atoms with Gasteiger partial charge in [-0.15, -0.1) is 0 Å². The number of hydrogen-bond acceptors (Lipinski definition) is 8. The van der Waals surface area contributed by atoms with Crippen molar-refractivity contribution in [2.24, 2.45) is 0 Å². The number of likely N-dealkylation sites (N-methyl/N-ethyl adjacent to an activating group) is 1. The molecule has 5 rings (SSSR count). The summed E-state index contributed by atoms with van der Waals surface area (Å²) in [6, 6.07) is 8.89. The van der Waals surface area contributed by atoms with E-state index in [9.17, 15) is 4.79 Å². The molecule has 1 aromatic carbocycles. The summed E-state index contributed by atoms with van der Waals surface area (Å²) in [4.78, 5) is 18.5. The lowest BCUT2D eigenvalue weighted by atomic mass is 9.94. The number of hydrogen-bond donors (Lipinski definition) is 1. The van der Waals surface area contributed by atoms with Gasteiger partial charge >= 0.3 is 0 Å².